The Kier molecular flexibility index (Phi) is 5.66. The second-order valence-corrected chi connectivity index (χ2v) is 4.00. The highest BCUT2D eigenvalue weighted by Crippen LogP contribution is 2.03. The summed E-state index contributed by atoms with van der Waals surface area (Å²) in [4.78, 5) is 13.2. The van der Waals surface area contributed by atoms with Crippen molar-refractivity contribution in [1.29, 1.82) is 0 Å². The lowest BCUT2D eigenvalue weighted by Gasteiger charge is -2.21. The maximum absolute atomic E-state index is 11.5. The van der Waals surface area contributed by atoms with E-state index in [4.69, 9.17) is 9.47 Å². The van der Waals surface area contributed by atoms with E-state index in [1.165, 1.54) is 7.11 Å². The molecule has 0 aliphatic rings. The third-order valence-corrected chi connectivity index (χ3v) is 2.48. The lowest BCUT2D eigenvalue weighted by Crippen LogP contribution is -2.40. The molecule has 0 saturated heterocycles. The van der Waals surface area contributed by atoms with Crippen molar-refractivity contribution in [2.24, 2.45) is 0 Å². The van der Waals surface area contributed by atoms with Gasteiger partial charge < -0.3 is 9.47 Å². The minimum absolute atomic E-state index is 0.275. The number of hydrogen-bond donors (Lipinski definition) is 0. The molecule has 1 unspecified atom stereocenters. The summed E-state index contributed by atoms with van der Waals surface area (Å²) in [5.74, 6) is -0.275. The van der Waals surface area contributed by atoms with Crippen molar-refractivity contribution in [2.75, 3.05) is 27.8 Å². The number of hydrogen-bond acceptors (Lipinski definition) is 4. The van der Waals surface area contributed by atoms with Crippen LogP contribution in [0.2, 0.25) is 0 Å². The fourth-order valence-corrected chi connectivity index (χ4v) is 1.43. The molecule has 0 aliphatic heterocycles. The summed E-state index contributed by atoms with van der Waals surface area (Å²) in [5.41, 5.74) is 1.09. The molecule has 0 aromatic heterocycles. The van der Waals surface area contributed by atoms with Gasteiger partial charge in [-0.25, -0.2) is 0 Å². The van der Waals surface area contributed by atoms with Crippen LogP contribution < -0.4 is 0 Å². The van der Waals surface area contributed by atoms with Crippen LogP contribution in [-0.2, 0) is 20.9 Å². The summed E-state index contributed by atoms with van der Waals surface area (Å²) < 4.78 is 10.2. The molecule has 1 aromatic rings. The highest BCUT2D eigenvalue weighted by Gasteiger charge is 2.21. The van der Waals surface area contributed by atoms with E-state index in [9.17, 15) is 4.79 Å². The van der Waals surface area contributed by atoms with Gasteiger partial charge in [-0.2, -0.15) is 0 Å². The molecule has 4 heteroatoms. The molecule has 0 bridgehead atoms. The second kappa shape index (κ2) is 7.04. The number of ether oxygens (including phenoxy) is 2. The molecule has 0 radical (unpaired) electrons. The van der Waals surface area contributed by atoms with Crippen LogP contribution in [0.25, 0.3) is 0 Å². The molecule has 1 aromatic carbocycles. The molecule has 1 rings (SSSR count). The molecule has 17 heavy (non-hydrogen) atoms. The Morgan fingerprint density at radius 1 is 1.29 bits per heavy atom. The summed E-state index contributed by atoms with van der Waals surface area (Å²) in [6.45, 7) is 0.830. The molecule has 94 valence electrons. The molecule has 0 N–H and O–H groups in total. The van der Waals surface area contributed by atoms with Crippen molar-refractivity contribution in [2.45, 2.75) is 12.6 Å². The molecule has 0 saturated carbocycles. The van der Waals surface area contributed by atoms with Crippen LogP contribution in [0, 0.1) is 0 Å². The lowest BCUT2D eigenvalue weighted by atomic mass is 10.2. The van der Waals surface area contributed by atoms with Crippen LogP contribution >= 0.6 is 0 Å². The first-order valence-electron chi connectivity index (χ1n) is 5.51. The van der Waals surface area contributed by atoms with Crippen molar-refractivity contribution in [3.8, 4) is 0 Å². The van der Waals surface area contributed by atoms with Crippen LogP contribution in [0.1, 0.15) is 5.56 Å². The van der Waals surface area contributed by atoms with Gasteiger partial charge >= 0.3 is 5.97 Å². The smallest absolute Gasteiger partial charge is 0.325 e. The number of esters is 1. The Morgan fingerprint density at radius 2 is 1.94 bits per heavy atom. The van der Waals surface area contributed by atoms with E-state index in [2.05, 4.69) is 0 Å². The fraction of sp³-hybridized carbons (Fsp3) is 0.462. The Labute approximate surface area is 102 Å². The van der Waals surface area contributed by atoms with Crippen LogP contribution in [-0.4, -0.2) is 44.7 Å². The number of methoxy groups -OCH3 is 1. The van der Waals surface area contributed by atoms with Gasteiger partial charge in [-0.05, 0) is 19.7 Å². The average molecular weight is 237 g/mol. The summed E-state index contributed by atoms with van der Waals surface area (Å²) >= 11 is 0. The van der Waals surface area contributed by atoms with E-state index in [0.29, 0.717) is 13.2 Å². The SMILES string of the molecule is COC(=O)C(COCc1ccccc1)N(C)C. The number of carbonyl (C=O) groups excluding carboxylic acids is 1. The van der Waals surface area contributed by atoms with E-state index >= 15 is 0 Å². The van der Waals surface area contributed by atoms with Gasteiger partial charge in [0, 0.05) is 0 Å². The molecule has 4 nitrogen and oxygen atoms in total. The third-order valence-electron chi connectivity index (χ3n) is 2.48. The van der Waals surface area contributed by atoms with E-state index in [1.807, 2.05) is 44.4 Å². The normalized spacial score (nSPS) is 12.5. The zero-order chi connectivity index (χ0) is 12.7. The summed E-state index contributed by atoms with van der Waals surface area (Å²) in [7, 11) is 5.04. The molecular formula is C13H19NO3. The Bertz CT molecular complexity index is 338. The standard InChI is InChI=1S/C13H19NO3/c1-14(2)12(13(15)16-3)10-17-9-11-7-5-4-6-8-11/h4-8,12H,9-10H2,1-3H3. The van der Waals surface area contributed by atoms with Crippen molar-refractivity contribution in [1.82, 2.24) is 4.90 Å². The Hall–Kier alpha value is -1.39. The maximum atomic E-state index is 11.5. The van der Waals surface area contributed by atoms with Gasteiger partial charge in [0.15, 0.2) is 0 Å². The Morgan fingerprint density at radius 3 is 2.47 bits per heavy atom. The quantitative estimate of drug-likeness (QED) is 0.699. The highest BCUT2D eigenvalue weighted by atomic mass is 16.5. The van der Waals surface area contributed by atoms with Gasteiger partial charge in [0.2, 0.25) is 0 Å². The van der Waals surface area contributed by atoms with Crippen LogP contribution in [0.15, 0.2) is 30.3 Å². The lowest BCUT2D eigenvalue weighted by molar-refractivity contribution is -0.148. The van der Waals surface area contributed by atoms with Gasteiger partial charge in [0.25, 0.3) is 0 Å². The zero-order valence-electron chi connectivity index (χ0n) is 10.6. The third kappa shape index (κ3) is 4.54. The van der Waals surface area contributed by atoms with Gasteiger partial charge in [-0.3, -0.25) is 9.69 Å². The number of nitrogens with zero attached hydrogens (tertiary/aromatic N) is 1. The first-order valence-corrected chi connectivity index (χ1v) is 5.51. The average Bonchev–Trinajstić information content (AvgIpc) is 2.34. The minimum atomic E-state index is -0.358. The zero-order valence-corrected chi connectivity index (χ0v) is 10.6. The largest absolute Gasteiger partial charge is 0.468 e. The van der Waals surface area contributed by atoms with Gasteiger partial charge in [-0.15, -0.1) is 0 Å². The molecule has 1 atom stereocenters. The maximum Gasteiger partial charge on any atom is 0.325 e. The molecule has 0 amide bonds. The highest BCUT2D eigenvalue weighted by molar-refractivity contribution is 5.75. The van der Waals surface area contributed by atoms with Gasteiger partial charge in [-0.1, -0.05) is 30.3 Å². The Balaban J connectivity index is 2.40. The monoisotopic (exact) mass is 237 g/mol. The topological polar surface area (TPSA) is 38.8 Å². The van der Waals surface area contributed by atoms with E-state index in [0.717, 1.165) is 5.56 Å². The predicted octanol–water partition coefficient (Wildman–Crippen LogP) is 1.31. The van der Waals surface area contributed by atoms with Crippen molar-refractivity contribution in [3.63, 3.8) is 0 Å². The number of carbonyl (C=O) groups is 1. The number of likely N-dealkylation sites (N-methyl/N-ethyl adjacent to an activating group) is 1. The van der Waals surface area contributed by atoms with Crippen LogP contribution in [0.5, 0.6) is 0 Å². The van der Waals surface area contributed by atoms with Crippen LogP contribution in [0.3, 0.4) is 0 Å². The van der Waals surface area contributed by atoms with Crippen molar-refractivity contribution in [3.05, 3.63) is 35.9 Å². The summed E-state index contributed by atoms with van der Waals surface area (Å²) in [6.07, 6.45) is 0. The van der Waals surface area contributed by atoms with Gasteiger partial charge in [0.1, 0.15) is 6.04 Å². The number of benzene rings is 1. The van der Waals surface area contributed by atoms with Gasteiger partial charge in [0.05, 0.1) is 20.3 Å². The van der Waals surface area contributed by atoms with E-state index in [1.54, 1.807) is 4.90 Å². The molecule has 0 aliphatic carbocycles. The van der Waals surface area contributed by atoms with Crippen molar-refractivity contribution >= 4 is 5.97 Å². The van der Waals surface area contributed by atoms with E-state index < -0.39 is 0 Å². The molecule has 0 spiro atoms. The van der Waals surface area contributed by atoms with E-state index in [-0.39, 0.29) is 12.0 Å². The summed E-state index contributed by atoms with van der Waals surface area (Å²) in [5, 5.41) is 0. The molecular weight excluding hydrogens is 218 g/mol. The molecule has 0 fully saturated rings. The second-order valence-electron chi connectivity index (χ2n) is 4.00. The number of rotatable bonds is 6. The van der Waals surface area contributed by atoms with Crippen LogP contribution in [0.4, 0.5) is 0 Å². The van der Waals surface area contributed by atoms with Crippen molar-refractivity contribution < 1.29 is 14.3 Å². The predicted molar refractivity (Wildman–Crippen MR) is 65.6 cm³/mol. The summed E-state index contributed by atoms with van der Waals surface area (Å²) in [6, 6.07) is 9.50. The minimum Gasteiger partial charge on any atom is -0.468 e. The first-order chi connectivity index (χ1) is 8.15. The molecule has 0 heterocycles. The fourth-order valence-electron chi connectivity index (χ4n) is 1.43. The first kappa shape index (κ1) is 13.7.